The Balaban J connectivity index is 1.52. The molecular weight excluding hydrogens is 486 g/mol. The van der Waals surface area contributed by atoms with Crippen molar-refractivity contribution in [3.8, 4) is 0 Å². The van der Waals surface area contributed by atoms with Crippen molar-refractivity contribution in [1.29, 1.82) is 0 Å². The molecule has 1 N–H and O–H groups in total. The topological polar surface area (TPSA) is 79.4 Å². The fourth-order valence-electron chi connectivity index (χ4n) is 3.75. The van der Waals surface area contributed by atoms with Gasteiger partial charge in [-0.3, -0.25) is 10.1 Å². The third kappa shape index (κ3) is 4.16. The molecule has 1 saturated heterocycles. The highest BCUT2D eigenvalue weighted by atomic mass is 79.9. The lowest BCUT2D eigenvalue weighted by Gasteiger charge is -2.34. The molecule has 4 rings (SSSR count). The van der Waals surface area contributed by atoms with Gasteiger partial charge in [-0.15, -0.1) is 0 Å². The molecule has 1 atom stereocenters. The van der Waals surface area contributed by atoms with Gasteiger partial charge in [0.25, 0.3) is 5.91 Å². The van der Waals surface area contributed by atoms with Gasteiger partial charge in [0.2, 0.25) is 10.0 Å². The van der Waals surface area contributed by atoms with E-state index >= 15 is 0 Å². The summed E-state index contributed by atoms with van der Waals surface area (Å²) in [5.74, 6) is -0.321. The molecule has 0 spiro atoms. The highest BCUT2D eigenvalue weighted by Crippen LogP contribution is 2.31. The molecule has 2 aromatic carbocycles. The first-order chi connectivity index (χ1) is 14.4. The van der Waals surface area contributed by atoms with Crippen molar-refractivity contribution in [1.82, 2.24) is 9.29 Å². The zero-order chi connectivity index (χ0) is 21.3. The van der Waals surface area contributed by atoms with Crippen LogP contribution >= 0.6 is 27.3 Å². The van der Waals surface area contributed by atoms with Gasteiger partial charge in [-0.1, -0.05) is 30.7 Å². The lowest BCUT2D eigenvalue weighted by Crippen LogP contribution is -2.43. The summed E-state index contributed by atoms with van der Waals surface area (Å²) >= 11 is 4.85. The molecule has 0 unspecified atom stereocenters. The van der Waals surface area contributed by atoms with Crippen LogP contribution in [0.2, 0.25) is 0 Å². The van der Waals surface area contributed by atoms with Gasteiger partial charge >= 0.3 is 0 Å². The number of anilines is 1. The van der Waals surface area contributed by atoms with Gasteiger partial charge in [-0.25, -0.2) is 13.4 Å². The molecule has 1 amide bonds. The number of amides is 1. The number of rotatable bonds is 5. The fraction of sp³-hybridized carbons (Fsp3) is 0.333. The Morgan fingerprint density at radius 1 is 1.23 bits per heavy atom. The number of fused-ring (bicyclic) bond motifs is 1. The van der Waals surface area contributed by atoms with Crippen LogP contribution in [0.3, 0.4) is 0 Å². The Labute approximate surface area is 188 Å². The molecule has 3 aromatic rings. The molecule has 1 aliphatic heterocycles. The smallest absolute Gasteiger partial charge is 0.257 e. The lowest BCUT2D eigenvalue weighted by molar-refractivity contribution is 0.102. The van der Waals surface area contributed by atoms with Crippen LogP contribution in [0.4, 0.5) is 5.13 Å². The summed E-state index contributed by atoms with van der Waals surface area (Å²) < 4.78 is 29.6. The van der Waals surface area contributed by atoms with Crippen LogP contribution < -0.4 is 5.32 Å². The first-order valence-electron chi connectivity index (χ1n) is 9.88. The maximum absolute atomic E-state index is 13.1. The minimum atomic E-state index is -3.56. The van der Waals surface area contributed by atoms with Gasteiger partial charge < -0.3 is 0 Å². The quantitative estimate of drug-likeness (QED) is 0.510. The molecule has 0 radical (unpaired) electrons. The first-order valence-corrected chi connectivity index (χ1v) is 12.9. The van der Waals surface area contributed by atoms with Crippen LogP contribution in [-0.2, 0) is 10.0 Å². The van der Waals surface area contributed by atoms with Crippen LogP contribution in [0.1, 0.15) is 43.0 Å². The van der Waals surface area contributed by atoms with Gasteiger partial charge in [0.1, 0.15) is 0 Å². The van der Waals surface area contributed by atoms with Gasteiger partial charge in [0.15, 0.2) is 5.13 Å². The maximum atomic E-state index is 13.1. The third-order valence-electron chi connectivity index (χ3n) is 5.36. The number of carbonyl (C=O) groups excluding carboxylic acids is 1. The van der Waals surface area contributed by atoms with E-state index in [1.807, 2.05) is 25.1 Å². The molecule has 0 saturated carbocycles. The van der Waals surface area contributed by atoms with E-state index in [2.05, 4.69) is 26.2 Å². The van der Waals surface area contributed by atoms with Gasteiger partial charge in [-0.05, 0) is 71.6 Å². The van der Waals surface area contributed by atoms with E-state index in [0.29, 0.717) is 17.2 Å². The molecule has 0 bridgehead atoms. The van der Waals surface area contributed by atoms with Crippen LogP contribution in [-0.4, -0.2) is 36.2 Å². The van der Waals surface area contributed by atoms with Crippen LogP contribution in [0.25, 0.3) is 10.2 Å². The number of hydrogen-bond donors (Lipinski definition) is 1. The van der Waals surface area contributed by atoms with Crippen LogP contribution in [0, 0.1) is 0 Å². The number of para-hydroxylation sites is 1. The van der Waals surface area contributed by atoms with Crippen molar-refractivity contribution in [3.63, 3.8) is 0 Å². The highest BCUT2D eigenvalue weighted by Gasteiger charge is 2.32. The molecule has 1 aromatic heterocycles. The second-order valence-electron chi connectivity index (χ2n) is 7.26. The summed E-state index contributed by atoms with van der Waals surface area (Å²) in [5, 5.41) is 3.30. The van der Waals surface area contributed by atoms with Crippen LogP contribution in [0.5, 0.6) is 0 Å². The number of sulfonamides is 1. The van der Waals surface area contributed by atoms with E-state index in [1.165, 1.54) is 23.5 Å². The van der Waals surface area contributed by atoms with Crippen molar-refractivity contribution < 1.29 is 13.2 Å². The molecular formula is C21H22BrN3O3S2. The predicted octanol–water partition coefficient (Wildman–Crippen LogP) is 5.26. The number of halogens is 1. The molecule has 158 valence electrons. The predicted molar refractivity (Wildman–Crippen MR) is 124 cm³/mol. The van der Waals surface area contributed by atoms with E-state index in [1.54, 1.807) is 16.4 Å². The Kier molecular flexibility index (Phi) is 6.24. The standard InChI is InChI=1S/C21H22BrN3O3S2/c1-2-15-6-3-4-13-25(15)30(27,28)16-11-9-14(10-12-16)20(26)24-21-23-19-17(22)7-5-8-18(19)29-21/h5,7-12,15H,2-4,6,13H2,1H3,(H,23,24,26)/t15-/m1/s1. The molecule has 30 heavy (non-hydrogen) atoms. The number of piperidine rings is 1. The van der Waals surface area contributed by atoms with E-state index in [-0.39, 0.29) is 16.8 Å². The van der Waals surface area contributed by atoms with Gasteiger partial charge in [-0.2, -0.15) is 4.31 Å². The minimum absolute atomic E-state index is 0.0464. The maximum Gasteiger partial charge on any atom is 0.257 e. The fourth-order valence-corrected chi connectivity index (χ4v) is 6.99. The van der Waals surface area contributed by atoms with Crippen molar-refractivity contribution in [2.45, 2.75) is 43.5 Å². The SMILES string of the molecule is CC[C@@H]1CCCCN1S(=O)(=O)c1ccc(C(=O)Nc2nc3c(Br)cccc3s2)cc1. The zero-order valence-electron chi connectivity index (χ0n) is 16.5. The average molecular weight is 508 g/mol. The summed E-state index contributed by atoms with van der Waals surface area (Å²) in [6, 6.07) is 11.9. The van der Waals surface area contributed by atoms with Crippen LogP contribution in [0.15, 0.2) is 51.8 Å². The molecule has 9 heteroatoms. The van der Waals surface area contributed by atoms with E-state index in [0.717, 1.165) is 40.4 Å². The molecule has 1 aliphatic rings. The van der Waals surface area contributed by atoms with Gasteiger partial charge in [0, 0.05) is 22.6 Å². The van der Waals surface area contributed by atoms with Gasteiger partial charge in [0.05, 0.1) is 15.1 Å². The lowest BCUT2D eigenvalue weighted by atomic mass is 10.0. The minimum Gasteiger partial charge on any atom is -0.298 e. The van der Waals surface area contributed by atoms with Crippen molar-refractivity contribution in [3.05, 3.63) is 52.5 Å². The largest absolute Gasteiger partial charge is 0.298 e. The molecule has 2 heterocycles. The number of hydrogen-bond acceptors (Lipinski definition) is 5. The summed E-state index contributed by atoms with van der Waals surface area (Å²) in [5.41, 5.74) is 1.18. The molecule has 6 nitrogen and oxygen atoms in total. The Hall–Kier alpha value is -1.81. The summed E-state index contributed by atoms with van der Waals surface area (Å²) in [4.78, 5) is 17.3. The normalized spacial score (nSPS) is 17.9. The summed E-state index contributed by atoms with van der Waals surface area (Å²) in [6.07, 6.45) is 3.65. The second kappa shape index (κ2) is 8.74. The Morgan fingerprint density at radius 2 is 2.00 bits per heavy atom. The monoisotopic (exact) mass is 507 g/mol. The number of carbonyl (C=O) groups is 1. The average Bonchev–Trinajstić information content (AvgIpc) is 3.17. The Morgan fingerprint density at radius 3 is 2.70 bits per heavy atom. The zero-order valence-corrected chi connectivity index (χ0v) is 19.7. The van der Waals surface area contributed by atoms with E-state index in [9.17, 15) is 13.2 Å². The number of nitrogens with zero attached hydrogens (tertiary/aromatic N) is 2. The van der Waals surface area contributed by atoms with Crippen molar-refractivity contribution in [2.24, 2.45) is 0 Å². The number of nitrogens with one attached hydrogen (secondary N) is 1. The van der Waals surface area contributed by atoms with E-state index < -0.39 is 10.0 Å². The second-order valence-corrected chi connectivity index (χ2v) is 11.0. The summed E-state index contributed by atoms with van der Waals surface area (Å²) in [6.45, 7) is 2.57. The summed E-state index contributed by atoms with van der Waals surface area (Å²) in [7, 11) is -3.56. The van der Waals surface area contributed by atoms with Crippen molar-refractivity contribution >= 4 is 58.5 Å². The number of benzene rings is 2. The van der Waals surface area contributed by atoms with Crippen molar-refractivity contribution in [2.75, 3.05) is 11.9 Å². The Bertz CT molecular complexity index is 1180. The first kappa shape index (κ1) is 21.4. The number of aromatic nitrogens is 1. The molecule has 0 aliphatic carbocycles. The molecule has 1 fully saturated rings. The van der Waals surface area contributed by atoms with E-state index in [4.69, 9.17) is 0 Å². The highest BCUT2D eigenvalue weighted by molar-refractivity contribution is 9.10. The third-order valence-corrected chi connectivity index (χ3v) is 8.90. The number of thiazole rings is 1.